The fraction of sp³-hybridized carbons (Fsp3) is 0.333. The molecule has 0 bridgehead atoms. The quantitative estimate of drug-likeness (QED) is 0.272. The van der Waals surface area contributed by atoms with Crippen LogP contribution in [0.1, 0.15) is 38.3 Å². The average molecular weight is 605 g/mol. The average Bonchev–Trinajstić information content (AvgIpc) is 2.92. The highest BCUT2D eigenvalue weighted by molar-refractivity contribution is 7.92. The first-order valence-electron chi connectivity index (χ1n) is 13.1. The van der Waals surface area contributed by atoms with Crippen LogP contribution in [0.5, 0.6) is 0 Å². The normalized spacial score (nSPS) is 12.2. The molecule has 3 aromatic carbocycles. The third kappa shape index (κ3) is 8.22. The van der Waals surface area contributed by atoms with Crippen molar-refractivity contribution in [3.05, 3.63) is 94.0 Å². The minimum Gasteiger partial charge on any atom is -0.354 e. The molecule has 7 nitrogen and oxygen atoms in total. The van der Waals surface area contributed by atoms with Gasteiger partial charge in [0.2, 0.25) is 11.8 Å². The summed E-state index contributed by atoms with van der Waals surface area (Å²) in [6.07, 6.45) is 0.342. The summed E-state index contributed by atoms with van der Waals surface area (Å²) in [5.41, 5.74) is 1.94. The molecular weight excluding hydrogens is 569 g/mol. The smallest absolute Gasteiger partial charge is 0.264 e. The maximum absolute atomic E-state index is 14.0. The largest absolute Gasteiger partial charge is 0.354 e. The highest BCUT2D eigenvalue weighted by atomic mass is 35.5. The number of carbonyl (C=O) groups excluding carboxylic acids is 2. The first kappa shape index (κ1) is 31.5. The van der Waals surface area contributed by atoms with E-state index in [9.17, 15) is 18.0 Å². The van der Waals surface area contributed by atoms with Crippen LogP contribution in [0.3, 0.4) is 0 Å². The van der Waals surface area contributed by atoms with Crippen molar-refractivity contribution < 1.29 is 18.0 Å². The highest BCUT2D eigenvalue weighted by Crippen LogP contribution is 2.26. The number of aryl methyl sites for hydroxylation is 1. The standard InChI is InChI=1S/C30H35Cl2N3O4S/c1-5-28(30(37)33-18-21(2)3)34(19-23-8-10-24(31)11-9-23)29(36)20-35(26-14-12-25(32)13-15-26)40(38,39)27-16-6-22(4)7-17-27/h6-17,21,28H,5,18-20H2,1-4H3,(H,33,37). The Morgan fingerprint density at radius 2 is 1.43 bits per heavy atom. The molecule has 3 aromatic rings. The van der Waals surface area contributed by atoms with Crippen LogP contribution in [0.2, 0.25) is 10.0 Å². The second-order valence-corrected chi connectivity index (χ2v) is 12.7. The molecule has 40 heavy (non-hydrogen) atoms. The molecule has 0 saturated heterocycles. The number of carbonyl (C=O) groups is 2. The van der Waals surface area contributed by atoms with E-state index in [0.29, 0.717) is 23.0 Å². The van der Waals surface area contributed by atoms with Gasteiger partial charge in [0.15, 0.2) is 0 Å². The maximum Gasteiger partial charge on any atom is 0.264 e. The molecule has 0 spiro atoms. The van der Waals surface area contributed by atoms with Crippen molar-refractivity contribution >= 4 is 50.7 Å². The van der Waals surface area contributed by atoms with Gasteiger partial charge in [0.1, 0.15) is 12.6 Å². The Morgan fingerprint density at radius 1 is 0.875 bits per heavy atom. The van der Waals surface area contributed by atoms with Crippen LogP contribution in [0.25, 0.3) is 0 Å². The van der Waals surface area contributed by atoms with Gasteiger partial charge in [0.05, 0.1) is 10.6 Å². The topological polar surface area (TPSA) is 86.8 Å². The van der Waals surface area contributed by atoms with Crippen LogP contribution in [0, 0.1) is 12.8 Å². The Bertz CT molecular complexity index is 1390. The second-order valence-electron chi connectivity index (χ2n) is 10.0. The minimum absolute atomic E-state index is 0.0480. The summed E-state index contributed by atoms with van der Waals surface area (Å²) in [4.78, 5) is 28.8. The minimum atomic E-state index is -4.14. The molecule has 0 heterocycles. The van der Waals surface area contributed by atoms with Crippen LogP contribution in [0.15, 0.2) is 77.7 Å². The van der Waals surface area contributed by atoms with Crippen LogP contribution < -0.4 is 9.62 Å². The molecule has 0 radical (unpaired) electrons. The lowest BCUT2D eigenvalue weighted by molar-refractivity contribution is -0.140. The third-order valence-corrected chi connectivity index (χ3v) is 8.63. The molecule has 0 aliphatic carbocycles. The van der Waals surface area contributed by atoms with Gasteiger partial charge in [-0.05, 0) is 73.4 Å². The highest BCUT2D eigenvalue weighted by Gasteiger charge is 2.33. The zero-order chi connectivity index (χ0) is 29.4. The van der Waals surface area contributed by atoms with Gasteiger partial charge in [0, 0.05) is 23.1 Å². The Kier molecular flexibility index (Phi) is 11.0. The van der Waals surface area contributed by atoms with Gasteiger partial charge >= 0.3 is 0 Å². The van der Waals surface area contributed by atoms with Gasteiger partial charge in [-0.15, -0.1) is 0 Å². The lowest BCUT2D eigenvalue weighted by Gasteiger charge is -2.33. The number of halogens is 2. The Labute approximate surface area is 247 Å². The molecule has 1 atom stereocenters. The number of hydrogen-bond donors (Lipinski definition) is 1. The number of benzene rings is 3. The molecule has 1 N–H and O–H groups in total. The SMILES string of the molecule is CCC(C(=O)NCC(C)C)N(Cc1ccc(Cl)cc1)C(=O)CN(c1ccc(Cl)cc1)S(=O)(=O)c1ccc(C)cc1. The molecule has 3 rings (SSSR count). The van der Waals surface area contributed by atoms with Crippen molar-refractivity contribution in [2.24, 2.45) is 5.92 Å². The molecular formula is C30H35Cl2N3O4S. The molecule has 0 saturated carbocycles. The van der Waals surface area contributed by atoms with Crippen molar-refractivity contribution in [2.75, 3.05) is 17.4 Å². The van der Waals surface area contributed by atoms with E-state index in [4.69, 9.17) is 23.2 Å². The fourth-order valence-corrected chi connectivity index (χ4v) is 5.77. The molecule has 2 amide bonds. The number of nitrogens with zero attached hydrogens (tertiary/aromatic N) is 2. The van der Waals surface area contributed by atoms with Gasteiger partial charge in [0.25, 0.3) is 10.0 Å². The Hall–Kier alpha value is -3.07. The first-order chi connectivity index (χ1) is 18.9. The van der Waals surface area contributed by atoms with E-state index in [1.54, 1.807) is 60.7 Å². The number of nitrogens with one attached hydrogen (secondary N) is 1. The van der Waals surface area contributed by atoms with E-state index < -0.39 is 28.5 Å². The van der Waals surface area contributed by atoms with Gasteiger partial charge in [-0.3, -0.25) is 13.9 Å². The molecule has 0 aromatic heterocycles. The van der Waals surface area contributed by atoms with Gasteiger partial charge in [-0.25, -0.2) is 8.42 Å². The fourth-order valence-electron chi connectivity index (χ4n) is 4.10. The van der Waals surface area contributed by atoms with Crippen LogP contribution in [-0.4, -0.2) is 44.3 Å². The van der Waals surface area contributed by atoms with Crippen molar-refractivity contribution in [3.8, 4) is 0 Å². The van der Waals surface area contributed by atoms with E-state index in [0.717, 1.165) is 15.4 Å². The Morgan fingerprint density at radius 3 is 1.95 bits per heavy atom. The lowest BCUT2D eigenvalue weighted by atomic mass is 10.1. The molecule has 0 aliphatic heterocycles. The van der Waals surface area contributed by atoms with E-state index in [2.05, 4.69) is 5.32 Å². The summed E-state index contributed by atoms with van der Waals surface area (Å²) in [6, 6.07) is 18.8. The zero-order valence-corrected chi connectivity index (χ0v) is 25.4. The van der Waals surface area contributed by atoms with Crippen LogP contribution in [-0.2, 0) is 26.2 Å². The zero-order valence-electron chi connectivity index (χ0n) is 23.1. The molecule has 10 heteroatoms. The summed E-state index contributed by atoms with van der Waals surface area (Å²) >= 11 is 12.1. The maximum atomic E-state index is 14.0. The summed E-state index contributed by atoms with van der Waals surface area (Å²) < 4.78 is 28.8. The first-order valence-corrected chi connectivity index (χ1v) is 15.3. The summed E-state index contributed by atoms with van der Waals surface area (Å²) in [5.74, 6) is -0.591. The number of amides is 2. The van der Waals surface area contributed by atoms with Gasteiger partial charge < -0.3 is 10.2 Å². The summed E-state index contributed by atoms with van der Waals surface area (Å²) in [6.45, 7) is 7.69. The van der Waals surface area contributed by atoms with E-state index in [-0.39, 0.29) is 29.0 Å². The molecule has 214 valence electrons. The monoisotopic (exact) mass is 603 g/mol. The lowest BCUT2D eigenvalue weighted by Crippen LogP contribution is -2.52. The molecule has 0 aliphatic rings. The summed E-state index contributed by atoms with van der Waals surface area (Å²) in [7, 11) is -4.14. The van der Waals surface area contributed by atoms with Crippen molar-refractivity contribution in [1.82, 2.24) is 10.2 Å². The molecule has 1 unspecified atom stereocenters. The van der Waals surface area contributed by atoms with Crippen molar-refractivity contribution in [2.45, 2.75) is 51.6 Å². The third-order valence-electron chi connectivity index (χ3n) is 6.34. The second kappa shape index (κ2) is 14.0. The van der Waals surface area contributed by atoms with Gasteiger partial charge in [-0.2, -0.15) is 0 Å². The van der Waals surface area contributed by atoms with Gasteiger partial charge in [-0.1, -0.05) is 73.8 Å². The van der Waals surface area contributed by atoms with Crippen molar-refractivity contribution in [3.63, 3.8) is 0 Å². The van der Waals surface area contributed by atoms with E-state index in [1.165, 1.54) is 17.0 Å². The number of sulfonamides is 1. The number of hydrogen-bond acceptors (Lipinski definition) is 4. The predicted octanol–water partition coefficient (Wildman–Crippen LogP) is 6.08. The Balaban J connectivity index is 2.03. The van der Waals surface area contributed by atoms with Crippen molar-refractivity contribution in [1.29, 1.82) is 0 Å². The number of anilines is 1. The van der Waals surface area contributed by atoms with Crippen LogP contribution in [0.4, 0.5) is 5.69 Å². The van der Waals surface area contributed by atoms with Crippen LogP contribution >= 0.6 is 23.2 Å². The summed E-state index contributed by atoms with van der Waals surface area (Å²) in [5, 5.41) is 3.89. The molecule has 0 fully saturated rings. The predicted molar refractivity (Wildman–Crippen MR) is 161 cm³/mol. The van der Waals surface area contributed by atoms with E-state index in [1.807, 2.05) is 27.7 Å². The van der Waals surface area contributed by atoms with E-state index >= 15 is 0 Å². The number of rotatable bonds is 12.